The zero-order chi connectivity index (χ0) is 13.1. The minimum absolute atomic E-state index is 0.515. The van der Waals surface area contributed by atoms with Gasteiger partial charge in [-0.3, -0.25) is 4.98 Å². The Bertz CT molecular complexity index is 398. The molecular weight excluding hydrogens is 222 g/mol. The van der Waals surface area contributed by atoms with Gasteiger partial charge in [-0.05, 0) is 41.4 Å². The average Bonchev–Trinajstić information content (AvgIpc) is 2.28. The molecule has 100 valence electrons. The Morgan fingerprint density at radius 3 is 2.67 bits per heavy atom. The largest absolute Gasteiger partial charge is 0.381 e. The third-order valence-electron chi connectivity index (χ3n) is 3.93. The highest BCUT2D eigenvalue weighted by Gasteiger charge is 2.25. The number of hydrogen-bond donors (Lipinski definition) is 0. The number of fused-ring (bicyclic) bond motifs is 1. The Kier molecular flexibility index (Phi) is 4.39. The Morgan fingerprint density at radius 2 is 2.00 bits per heavy atom. The second-order valence-corrected chi connectivity index (χ2v) is 5.99. The van der Waals surface area contributed by atoms with Crippen molar-refractivity contribution in [2.24, 2.45) is 5.92 Å². The van der Waals surface area contributed by atoms with E-state index >= 15 is 0 Å². The van der Waals surface area contributed by atoms with Crippen LogP contribution in [0, 0.1) is 5.92 Å². The normalized spacial score (nSPS) is 20.7. The number of aryl methyl sites for hydroxylation is 1. The van der Waals surface area contributed by atoms with E-state index in [-0.39, 0.29) is 0 Å². The van der Waals surface area contributed by atoms with E-state index in [0.29, 0.717) is 17.8 Å². The van der Waals surface area contributed by atoms with Crippen LogP contribution in [0.5, 0.6) is 0 Å². The number of nitrogens with zero attached hydrogens (tertiary/aromatic N) is 1. The number of rotatable bonds is 2. The second-order valence-electron chi connectivity index (χ2n) is 5.99. The van der Waals surface area contributed by atoms with Gasteiger partial charge in [-0.25, -0.2) is 0 Å². The highest BCUT2D eigenvalue weighted by Crippen LogP contribution is 2.35. The molecule has 2 rings (SSSR count). The summed E-state index contributed by atoms with van der Waals surface area (Å²) in [5.41, 5.74) is 4.38. The first-order valence-electron chi connectivity index (χ1n) is 7.15. The van der Waals surface area contributed by atoms with Gasteiger partial charge in [0.1, 0.15) is 0 Å². The van der Waals surface area contributed by atoms with E-state index in [4.69, 9.17) is 4.74 Å². The molecule has 0 saturated carbocycles. The summed E-state index contributed by atoms with van der Waals surface area (Å²) in [5.74, 6) is 1.66. The van der Waals surface area contributed by atoms with E-state index in [0.717, 1.165) is 26.1 Å². The molecule has 18 heavy (non-hydrogen) atoms. The molecule has 0 radical (unpaired) electrons. The molecule has 0 N–H and O–H groups in total. The van der Waals surface area contributed by atoms with Crippen molar-refractivity contribution in [1.29, 1.82) is 0 Å². The van der Waals surface area contributed by atoms with Crippen LogP contribution < -0.4 is 0 Å². The van der Waals surface area contributed by atoms with Gasteiger partial charge in [-0.2, -0.15) is 0 Å². The molecule has 0 bridgehead atoms. The smallest absolute Gasteiger partial charge is 0.0537 e. The predicted octanol–water partition coefficient (Wildman–Crippen LogP) is 3.91. The predicted molar refractivity (Wildman–Crippen MR) is 75.0 cm³/mol. The fourth-order valence-corrected chi connectivity index (χ4v) is 2.83. The maximum Gasteiger partial charge on any atom is 0.0537 e. The molecule has 1 unspecified atom stereocenters. The lowest BCUT2D eigenvalue weighted by atomic mass is 9.80. The van der Waals surface area contributed by atoms with Gasteiger partial charge >= 0.3 is 0 Å². The molecule has 0 aromatic carbocycles. The molecule has 2 nitrogen and oxygen atoms in total. The van der Waals surface area contributed by atoms with E-state index in [1.165, 1.54) is 16.7 Å². The van der Waals surface area contributed by atoms with Gasteiger partial charge in [0.05, 0.1) is 6.61 Å². The van der Waals surface area contributed by atoms with Crippen molar-refractivity contribution in [3.8, 4) is 0 Å². The van der Waals surface area contributed by atoms with Crippen LogP contribution in [-0.2, 0) is 11.2 Å². The molecule has 0 amide bonds. The Hall–Kier alpha value is -0.890. The highest BCUT2D eigenvalue weighted by atomic mass is 16.5. The van der Waals surface area contributed by atoms with Gasteiger partial charge in [-0.1, -0.05) is 27.7 Å². The molecule has 1 aromatic rings. The standard InChI is InChI=1S/C16H25NO/c1-11(2)14-9-17-8-13-6-5-7-18-10-15(12(3)4)16(13)14/h8-9,11-12,15H,5-7,10H2,1-4H3. The van der Waals surface area contributed by atoms with Crippen LogP contribution in [-0.4, -0.2) is 18.2 Å². The van der Waals surface area contributed by atoms with Crippen molar-refractivity contribution >= 4 is 0 Å². The summed E-state index contributed by atoms with van der Waals surface area (Å²) in [7, 11) is 0. The molecule has 0 spiro atoms. The minimum atomic E-state index is 0.515. The summed E-state index contributed by atoms with van der Waals surface area (Å²) in [5, 5.41) is 0. The number of aromatic nitrogens is 1. The zero-order valence-electron chi connectivity index (χ0n) is 12.1. The van der Waals surface area contributed by atoms with Crippen LogP contribution in [0.1, 0.15) is 62.6 Å². The van der Waals surface area contributed by atoms with Crippen LogP contribution in [0.2, 0.25) is 0 Å². The number of hydrogen-bond acceptors (Lipinski definition) is 2. The van der Waals surface area contributed by atoms with E-state index in [9.17, 15) is 0 Å². The molecule has 0 aliphatic carbocycles. The Labute approximate surface area is 111 Å². The molecule has 1 aliphatic heterocycles. The lowest BCUT2D eigenvalue weighted by Crippen LogP contribution is -2.21. The quantitative estimate of drug-likeness (QED) is 0.790. The molecule has 1 aromatic heterocycles. The van der Waals surface area contributed by atoms with Gasteiger partial charge in [-0.15, -0.1) is 0 Å². The minimum Gasteiger partial charge on any atom is -0.381 e. The lowest BCUT2D eigenvalue weighted by Gasteiger charge is -2.29. The fraction of sp³-hybridized carbons (Fsp3) is 0.688. The zero-order valence-corrected chi connectivity index (χ0v) is 12.1. The molecule has 1 aliphatic rings. The van der Waals surface area contributed by atoms with Crippen molar-refractivity contribution in [3.63, 3.8) is 0 Å². The van der Waals surface area contributed by atoms with E-state index in [1.54, 1.807) is 0 Å². The molecule has 0 fully saturated rings. The topological polar surface area (TPSA) is 22.1 Å². The van der Waals surface area contributed by atoms with Crippen molar-refractivity contribution in [2.75, 3.05) is 13.2 Å². The van der Waals surface area contributed by atoms with Crippen molar-refractivity contribution in [1.82, 2.24) is 4.98 Å². The van der Waals surface area contributed by atoms with Crippen LogP contribution in [0.15, 0.2) is 12.4 Å². The van der Waals surface area contributed by atoms with Crippen LogP contribution >= 0.6 is 0 Å². The Balaban J connectivity index is 2.51. The molecule has 2 heterocycles. The van der Waals surface area contributed by atoms with Crippen molar-refractivity contribution in [2.45, 2.75) is 52.4 Å². The lowest BCUT2D eigenvalue weighted by molar-refractivity contribution is 0.102. The van der Waals surface area contributed by atoms with Crippen LogP contribution in [0.4, 0.5) is 0 Å². The van der Waals surface area contributed by atoms with Crippen molar-refractivity contribution in [3.05, 3.63) is 29.1 Å². The fourth-order valence-electron chi connectivity index (χ4n) is 2.83. The summed E-state index contributed by atoms with van der Waals surface area (Å²) in [6, 6.07) is 0. The average molecular weight is 247 g/mol. The molecule has 0 saturated heterocycles. The molecule has 1 atom stereocenters. The summed E-state index contributed by atoms with van der Waals surface area (Å²) >= 11 is 0. The maximum absolute atomic E-state index is 5.82. The summed E-state index contributed by atoms with van der Waals surface area (Å²) in [6.45, 7) is 10.8. The molecule has 2 heteroatoms. The monoisotopic (exact) mass is 247 g/mol. The first-order valence-corrected chi connectivity index (χ1v) is 7.15. The SMILES string of the molecule is CC(C)c1cncc2c1C(C(C)C)COCCC2. The van der Waals surface area contributed by atoms with Crippen LogP contribution in [0.3, 0.4) is 0 Å². The summed E-state index contributed by atoms with van der Waals surface area (Å²) < 4.78 is 5.82. The van der Waals surface area contributed by atoms with Crippen LogP contribution in [0.25, 0.3) is 0 Å². The second kappa shape index (κ2) is 5.83. The van der Waals surface area contributed by atoms with Crippen molar-refractivity contribution < 1.29 is 4.74 Å². The number of pyridine rings is 1. The van der Waals surface area contributed by atoms with E-state index in [1.807, 2.05) is 0 Å². The summed E-state index contributed by atoms with van der Waals surface area (Å²) in [6.07, 6.45) is 6.34. The van der Waals surface area contributed by atoms with Gasteiger partial charge < -0.3 is 4.74 Å². The van der Waals surface area contributed by atoms with Gasteiger partial charge in [0, 0.05) is 24.9 Å². The first kappa shape index (κ1) is 13.5. The highest BCUT2D eigenvalue weighted by molar-refractivity contribution is 5.38. The summed E-state index contributed by atoms with van der Waals surface area (Å²) in [4.78, 5) is 4.44. The van der Waals surface area contributed by atoms with E-state index in [2.05, 4.69) is 45.1 Å². The Morgan fingerprint density at radius 1 is 1.22 bits per heavy atom. The van der Waals surface area contributed by atoms with Gasteiger partial charge in [0.15, 0.2) is 0 Å². The third-order valence-corrected chi connectivity index (χ3v) is 3.93. The van der Waals surface area contributed by atoms with Gasteiger partial charge in [0.2, 0.25) is 0 Å². The van der Waals surface area contributed by atoms with E-state index < -0.39 is 0 Å². The van der Waals surface area contributed by atoms with Gasteiger partial charge in [0.25, 0.3) is 0 Å². The first-order chi connectivity index (χ1) is 8.61. The third kappa shape index (κ3) is 2.74. The maximum atomic E-state index is 5.82. The molecular formula is C16H25NO. The number of ether oxygens (including phenoxy) is 1.